The van der Waals surface area contributed by atoms with Gasteiger partial charge in [-0.2, -0.15) is 0 Å². The molecule has 1 aliphatic carbocycles. The molecular weight excluding hydrogens is 939 g/mol. The van der Waals surface area contributed by atoms with Gasteiger partial charge in [0.1, 0.15) is 18.3 Å². The van der Waals surface area contributed by atoms with Crippen LogP contribution in [-0.2, 0) is 65.1 Å². The third-order valence-corrected chi connectivity index (χ3v) is 16.3. The van der Waals surface area contributed by atoms with Crippen molar-refractivity contribution in [2.24, 2.45) is 22.7 Å². The van der Waals surface area contributed by atoms with Crippen molar-refractivity contribution in [3.63, 3.8) is 0 Å². The molecule has 5 aromatic rings. The number of carbonyl (C=O) groups is 4. The van der Waals surface area contributed by atoms with E-state index in [4.69, 9.17) is 24.2 Å². The van der Waals surface area contributed by atoms with Gasteiger partial charge in [0.25, 0.3) is 5.56 Å². The van der Waals surface area contributed by atoms with Crippen LogP contribution in [0.15, 0.2) is 68.7 Å². The molecule has 9 heterocycles. The number of allylic oxidation sites excluding steroid dienone is 2. The summed E-state index contributed by atoms with van der Waals surface area (Å²) in [6.07, 6.45) is 8.68. The van der Waals surface area contributed by atoms with Gasteiger partial charge in [-0.25, -0.2) is 9.78 Å². The number of ether oxygens (including phenoxy) is 3. The molecule has 4 N–H and O–H groups in total. The van der Waals surface area contributed by atoms with Crippen LogP contribution in [-0.4, -0.2) is 86.2 Å². The van der Waals surface area contributed by atoms with Crippen molar-refractivity contribution < 1.29 is 38.5 Å². The summed E-state index contributed by atoms with van der Waals surface area (Å²) in [7, 11) is 5.08. The number of ketones is 1. The van der Waals surface area contributed by atoms with Gasteiger partial charge in [0.05, 0.1) is 53.6 Å². The number of nitrogens with one attached hydrogen (secondary N) is 3. The van der Waals surface area contributed by atoms with E-state index < -0.39 is 41.4 Å². The van der Waals surface area contributed by atoms with Crippen molar-refractivity contribution in [1.29, 1.82) is 0 Å². The number of H-pyrrole nitrogens is 2. The summed E-state index contributed by atoms with van der Waals surface area (Å²) in [5, 5.41) is 17.0. The monoisotopic (exact) mass is 997 g/mol. The Bertz CT molecular complexity index is 3730. The van der Waals surface area contributed by atoms with Gasteiger partial charge < -0.3 is 44.1 Å². The van der Waals surface area contributed by atoms with Crippen LogP contribution in [0.1, 0.15) is 103 Å². The minimum atomic E-state index is -1.95. The average molecular weight is 998 g/mol. The van der Waals surface area contributed by atoms with E-state index in [1.54, 1.807) is 23.6 Å². The molecule has 0 spiro atoms. The van der Waals surface area contributed by atoms with E-state index in [0.29, 0.717) is 62.7 Å². The van der Waals surface area contributed by atoms with Gasteiger partial charge in [-0.3, -0.25) is 24.2 Å². The van der Waals surface area contributed by atoms with Crippen molar-refractivity contribution in [1.82, 2.24) is 29.7 Å². The molecule has 16 nitrogen and oxygen atoms in total. The molecule has 11 rings (SSSR count). The highest BCUT2D eigenvalue weighted by Gasteiger charge is 2.53. The third kappa shape index (κ3) is 7.23. The topological polar surface area (TPSA) is 210 Å². The molecule has 2 unspecified atom stereocenters. The molecule has 8 bridgehead atoms. The Kier molecular flexibility index (Phi) is 11.6. The van der Waals surface area contributed by atoms with Crippen LogP contribution in [0.4, 0.5) is 0 Å². The second-order valence-corrected chi connectivity index (χ2v) is 20.7. The van der Waals surface area contributed by atoms with Gasteiger partial charge in [-0.05, 0) is 119 Å². The standard InChI is InChI=1S/C58H59N7O9/c1-11-33-26(4)38-20-40-28(6)35(52(61-40)49-50(56(70)72-10)54(68)48-29(7)41(62-53(48)49)22-44-34(12-2)27(5)39(60-44)21-43(33)59-38)14-15-47(67)74-58(13-3)37-19-45-51-32(24-65(45)55(69)36(37)25-73-57(58)71)16-30-18-46(66)31(23-64(8)9)17-42(30)63-51/h11,16-22,28,35,41,50,59-60,62,66H,1,12-15,23-25H2,2-10H3/b39-21-,40-20-,44-22-/t28-,35-,41?,50?,58+/m0/s1. The number of rotatable bonds is 10. The maximum absolute atomic E-state index is 14.7. The molecule has 0 saturated carbocycles. The Morgan fingerprint density at radius 3 is 2.54 bits per heavy atom. The first-order chi connectivity index (χ1) is 35.4. The van der Waals surface area contributed by atoms with Gasteiger partial charge in [0, 0.05) is 91.4 Å². The maximum atomic E-state index is 14.7. The van der Waals surface area contributed by atoms with Crippen LogP contribution in [0.2, 0.25) is 0 Å². The number of cyclic esters (lactones) is 1. The molecule has 74 heavy (non-hydrogen) atoms. The summed E-state index contributed by atoms with van der Waals surface area (Å²) < 4.78 is 19.0. The zero-order valence-corrected chi connectivity index (χ0v) is 43.1. The van der Waals surface area contributed by atoms with E-state index in [0.717, 1.165) is 61.9 Å². The summed E-state index contributed by atoms with van der Waals surface area (Å²) in [5.74, 6) is -4.63. The lowest BCUT2D eigenvalue weighted by Crippen LogP contribution is -2.47. The Morgan fingerprint density at radius 2 is 1.82 bits per heavy atom. The molecule has 0 saturated heterocycles. The number of aliphatic imine (C=N–C) groups is 1. The largest absolute Gasteiger partial charge is 0.508 e. The normalized spacial score (nSPS) is 23.8. The third-order valence-electron chi connectivity index (χ3n) is 16.3. The number of esters is 3. The molecule has 1 aromatic carbocycles. The van der Waals surface area contributed by atoms with Crippen LogP contribution >= 0.6 is 0 Å². The highest BCUT2D eigenvalue weighted by molar-refractivity contribution is 6.26. The number of phenols is 1. The number of aromatic amines is 2. The smallest absolute Gasteiger partial charge is 0.355 e. The predicted octanol–water partition coefficient (Wildman–Crippen LogP) is 5.94. The van der Waals surface area contributed by atoms with Crippen molar-refractivity contribution in [3.8, 4) is 17.1 Å². The van der Waals surface area contributed by atoms with E-state index in [2.05, 4.69) is 47.9 Å². The van der Waals surface area contributed by atoms with E-state index >= 15 is 0 Å². The fraction of sp³-hybridized carbons (Fsp3) is 0.362. The number of methoxy groups -OCH3 is 1. The van der Waals surface area contributed by atoms with Crippen LogP contribution in [0.3, 0.4) is 0 Å². The number of fused-ring (bicyclic) bond motifs is 12. The number of hydrogen-bond acceptors (Lipinski definition) is 13. The number of pyridine rings is 2. The van der Waals surface area contributed by atoms with E-state index in [1.807, 2.05) is 64.1 Å². The molecule has 380 valence electrons. The molecule has 5 atom stereocenters. The molecule has 6 aliphatic rings. The van der Waals surface area contributed by atoms with Gasteiger partial charge in [-0.15, -0.1) is 0 Å². The minimum Gasteiger partial charge on any atom is -0.508 e. The lowest BCUT2D eigenvalue weighted by atomic mass is 9.81. The number of hydrogen-bond donors (Lipinski definition) is 4. The second kappa shape index (κ2) is 17.7. The van der Waals surface area contributed by atoms with Gasteiger partial charge in [0.2, 0.25) is 5.60 Å². The van der Waals surface area contributed by atoms with E-state index in [1.165, 1.54) is 7.11 Å². The number of Topliss-reactive ketones (excluding diaryl/α,β-unsaturated/α-hetero) is 1. The summed E-state index contributed by atoms with van der Waals surface area (Å²) >= 11 is 0. The van der Waals surface area contributed by atoms with E-state index in [-0.39, 0.29) is 66.6 Å². The Labute approximate surface area is 426 Å². The number of benzene rings is 1. The molecule has 0 radical (unpaired) electrons. The van der Waals surface area contributed by atoms with Gasteiger partial charge >= 0.3 is 17.9 Å². The zero-order valence-electron chi connectivity index (χ0n) is 43.1. The molecule has 4 aromatic heterocycles. The molecule has 5 aliphatic heterocycles. The van der Waals surface area contributed by atoms with Crippen molar-refractivity contribution in [2.45, 2.75) is 98.6 Å². The van der Waals surface area contributed by atoms with Crippen LogP contribution < -0.4 is 21.6 Å². The lowest BCUT2D eigenvalue weighted by Gasteiger charge is -2.35. The van der Waals surface area contributed by atoms with Crippen molar-refractivity contribution in [3.05, 3.63) is 136 Å². The SMILES string of the molecule is C=Cc1c2[nH]c(c1C)/C=C1\N=C(C3=C4NC(/C=c5\[nH]/c(c(C)c5CC)=C\2)C(C)=C4C(=O)C3C(=O)OC)[C@@H](CCC(=O)O[C@@]2(CC)C(=O)OCc3c2cc2n(c3=O)Cc3cc4cc(O)c(CN(C)C)cc4nc3-2)[C@@H]1C. The highest BCUT2D eigenvalue weighted by atomic mass is 16.6. The van der Waals surface area contributed by atoms with Crippen LogP contribution in [0.5, 0.6) is 5.75 Å². The Hall–Kier alpha value is -7.85. The Balaban J connectivity index is 0.981. The molecular formula is C58H59N7O9. The second-order valence-electron chi connectivity index (χ2n) is 20.7. The quantitative estimate of drug-likeness (QED) is 0.0714. The first kappa shape index (κ1) is 48.4. The van der Waals surface area contributed by atoms with E-state index in [9.17, 15) is 29.1 Å². The van der Waals surface area contributed by atoms with Crippen LogP contribution in [0.25, 0.3) is 46.6 Å². The molecule has 0 fully saturated rings. The van der Waals surface area contributed by atoms with Gasteiger partial charge in [-0.1, -0.05) is 33.4 Å². The van der Waals surface area contributed by atoms with Crippen molar-refractivity contribution in [2.75, 3.05) is 21.2 Å². The number of aromatic nitrogens is 4. The molecule has 16 heteroatoms. The van der Waals surface area contributed by atoms with Crippen molar-refractivity contribution >= 4 is 64.6 Å². The zero-order chi connectivity index (χ0) is 52.4. The Morgan fingerprint density at radius 1 is 1.04 bits per heavy atom. The first-order valence-electron chi connectivity index (χ1n) is 25.3. The predicted molar refractivity (Wildman–Crippen MR) is 280 cm³/mol. The average Bonchev–Trinajstić information content (AvgIpc) is 4.19. The maximum Gasteiger partial charge on any atom is 0.355 e. The van der Waals surface area contributed by atoms with Gasteiger partial charge in [0.15, 0.2) is 5.78 Å². The molecule has 0 amide bonds. The number of aromatic hydroxyl groups is 1. The minimum absolute atomic E-state index is 0.0276. The highest BCUT2D eigenvalue weighted by Crippen LogP contribution is 2.48. The summed E-state index contributed by atoms with van der Waals surface area (Å²) in [6, 6.07) is 6.76. The number of phenolic OH excluding ortho intramolecular Hbond substituents is 1. The summed E-state index contributed by atoms with van der Waals surface area (Å²) in [5.41, 5.74) is 10.3. The summed E-state index contributed by atoms with van der Waals surface area (Å²) in [6.45, 7) is 16.4. The first-order valence-corrected chi connectivity index (χ1v) is 25.3. The fourth-order valence-electron chi connectivity index (χ4n) is 12.3. The number of nitrogens with zero attached hydrogens (tertiary/aromatic N) is 4. The lowest BCUT2D eigenvalue weighted by molar-refractivity contribution is -0.189. The number of carbonyl (C=O) groups excluding carboxylic acids is 4. The fourth-order valence-corrected chi connectivity index (χ4v) is 12.3. The van der Waals surface area contributed by atoms with Crippen LogP contribution in [0, 0.1) is 31.6 Å². The summed E-state index contributed by atoms with van der Waals surface area (Å²) in [4.78, 5) is 91.2.